The number of primary amides is 1. The molecule has 2 N–H and O–H groups in total. The highest BCUT2D eigenvalue weighted by Gasteiger charge is 2.49. The number of piperazine rings is 1. The maximum atomic E-state index is 14.3. The first kappa shape index (κ1) is 23.9. The zero-order valence-electron chi connectivity index (χ0n) is 21.1. The molecule has 0 aromatic heterocycles. The molecule has 1 aromatic carbocycles. The minimum absolute atomic E-state index is 0.00865. The Morgan fingerprint density at radius 1 is 0.944 bits per heavy atom. The lowest BCUT2D eigenvalue weighted by Gasteiger charge is -2.38. The number of nitrogens with zero attached hydrogens (tertiary/aromatic N) is 3. The maximum absolute atomic E-state index is 14.3. The van der Waals surface area contributed by atoms with Crippen molar-refractivity contribution in [2.45, 2.75) is 75.5 Å². The third-order valence-corrected chi connectivity index (χ3v) is 9.16. The number of Topliss-reactive ketones (excluding diaryl/α,β-unsaturated/α-hetero) is 1. The van der Waals surface area contributed by atoms with Crippen molar-refractivity contribution in [1.82, 2.24) is 9.80 Å². The van der Waals surface area contributed by atoms with Gasteiger partial charge in [-0.2, -0.15) is 0 Å². The van der Waals surface area contributed by atoms with Crippen molar-refractivity contribution in [1.29, 1.82) is 0 Å². The minimum atomic E-state index is -0.497. The summed E-state index contributed by atoms with van der Waals surface area (Å²) < 4.78 is 5.66. The number of amides is 2. The second-order valence-electron chi connectivity index (χ2n) is 11.3. The number of anilines is 1. The van der Waals surface area contributed by atoms with Crippen LogP contribution in [0.2, 0.25) is 0 Å². The summed E-state index contributed by atoms with van der Waals surface area (Å²) in [6.07, 6.45) is 8.35. The molecule has 1 aromatic rings. The standard InChI is InChI=1S/C28H38N4O4/c29-27(34)21-9-8-20(31-14-12-30(13-15-31)19-6-7-19)16-22(21)25(18-4-2-1-3-5-18)28(35)32-11-10-24-26(32)23(33)17-36-24/h8-9,16,18-19,24-26H,1-7,10-15,17H2,(H2,29,34)/t24-,25+,26-/m1/s1. The molecule has 2 saturated carbocycles. The first-order valence-corrected chi connectivity index (χ1v) is 13.9. The van der Waals surface area contributed by atoms with Crippen molar-refractivity contribution in [2.24, 2.45) is 11.7 Å². The molecule has 3 heterocycles. The highest BCUT2D eigenvalue weighted by atomic mass is 16.5. The lowest BCUT2D eigenvalue weighted by molar-refractivity contribution is -0.139. The molecule has 6 rings (SSSR count). The zero-order valence-corrected chi connectivity index (χ0v) is 21.1. The molecule has 2 aliphatic carbocycles. The fraction of sp³-hybridized carbons (Fsp3) is 0.679. The molecule has 5 fully saturated rings. The summed E-state index contributed by atoms with van der Waals surface area (Å²) in [5.41, 5.74) is 8.11. The van der Waals surface area contributed by atoms with E-state index in [2.05, 4.69) is 15.9 Å². The molecule has 5 aliphatic rings. The van der Waals surface area contributed by atoms with Gasteiger partial charge in [-0.25, -0.2) is 0 Å². The van der Waals surface area contributed by atoms with Crippen molar-refractivity contribution < 1.29 is 19.1 Å². The molecule has 194 valence electrons. The molecule has 8 heteroatoms. The van der Waals surface area contributed by atoms with Gasteiger partial charge in [-0.15, -0.1) is 0 Å². The Hall–Kier alpha value is -2.45. The van der Waals surface area contributed by atoms with Crippen molar-refractivity contribution in [3.63, 3.8) is 0 Å². The van der Waals surface area contributed by atoms with E-state index in [9.17, 15) is 14.4 Å². The normalized spacial score (nSPS) is 28.4. The van der Waals surface area contributed by atoms with Crippen LogP contribution in [-0.2, 0) is 14.3 Å². The molecule has 0 spiro atoms. The monoisotopic (exact) mass is 494 g/mol. The van der Waals surface area contributed by atoms with E-state index in [-0.39, 0.29) is 30.3 Å². The summed E-state index contributed by atoms with van der Waals surface area (Å²) in [5, 5.41) is 0. The highest BCUT2D eigenvalue weighted by Crippen LogP contribution is 2.42. The molecule has 0 bridgehead atoms. The van der Waals surface area contributed by atoms with Gasteiger partial charge in [0.1, 0.15) is 12.6 Å². The van der Waals surface area contributed by atoms with E-state index in [0.717, 1.165) is 69.2 Å². The third kappa shape index (κ3) is 4.43. The van der Waals surface area contributed by atoms with Gasteiger partial charge in [0.05, 0.1) is 12.0 Å². The number of likely N-dealkylation sites (tertiary alicyclic amines) is 1. The van der Waals surface area contributed by atoms with Crippen molar-refractivity contribution in [3.8, 4) is 0 Å². The van der Waals surface area contributed by atoms with E-state index in [1.807, 2.05) is 12.1 Å². The van der Waals surface area contributed by atoms with E-state index in [4.69, 9.17) is 10.5 Å². The van der Waals surface area contributed by atoms with Gasteiger partial charge in [0.15, 0.2) is 5.78 Å². The van der Waals surface area contributed by atoms with E-state index < -0.39 is 17.9 Å². The fourth-order valence-corrected chi connectivity index (χ4v) is 7.09. The van der Waals surface area contributed by atoms with Gasteiger partial charge in [-0.1, -0.05) is 19.3 Å². The summed E-state index contributed by atoms with van der Waals surface area (Å²) in [4.78, 5) is 46.2. The number of carbonyl (C=O) groups is 3. The van der Waals surface area contributed by atoms with Crippen LogP contribution in [0.1, 0.15) is 73.2 Å². The number of ketones is 1. The number of fused-ring (bicyclic) bond motifs is 1. The predicted molar refractivity (Wildman–Crippen MR) is 136 cm³/mol. The van der Waals surface area contributed by atoms with Gasteiger partial charge in [-0.05, 0) is 61.8 Å². The lowest BCUT2D eigenvalue weighted by atomic mass is 9.74. The average molecular weight is 495 g/mol. The third-order valence-electron chi connectivity index (χ3n) is 9.16. The van der Waals surface area contributed by atoms with Gasteiger partial charge in [0.2, 0.25) is 11.8 Å². The van der Waals surface area contributed by atoms with E-state index >= 15 is 0 Å². The van der Waals surface area contributed by atoms with E-state index in [1.54, 1.807) is 4.90 Å². The Balaban J connectivity index is 1.34. The van der Waals surface area contributed by atoms with Crippen LogP contribution in [-0.4, -0.2) is 84.9 Å². The Bertz CT molecular complexity index is 1030. The number of ether oxygens (including phenoxy) is 1. The number of rotatable bonds is 6. The van der Waals surface area contributed by atoms with Crippen LogP contribution < -0.4 is 10.6 Å². The lowest BCUT2D eigenvalue weighted by Crippen LogP contribution is -2.47. The Kier molecular flexibility index (Phi) is 6.50. The highest BCUT2D eigenvalue weighted by molar-refractivity contribution is 5.99. The van der Waals surface area contributed by atoms with Crippen LogP contribution in [0, 0.1) is 5.92 Å². The van der Waals surface area contributed by atoms with Crippen molar-refractivity contribution in [3.05, 3.63) is 29.3 Å². The SMILES string of the molecule is NC(=O)c1ccc(N2CCN(C3CC3)CC2)cc1[C@@H](C(=O)N1CC[C@H]2OCC(=O)[C@H]21)C1CCCCC1. The van der Waals surface area contributed by atoms with Crippen LogP contribution in [0.15, 0.2) is 18.2 Å². The second kappa shape index (κ2) is 9.78. The Morgan fingerprint density at radius 2 is 1.69 bits per heavy atom. The van der Waals surface area contributed by atoms with Crippen LogP contribution in [0.25, 0.3) is 0 Å². The van der Waals surface area contributed by atoms with Crippen LogP contribution in [0.5, 0.6) is 0 Å². The Morgan fingerprint density at radius 3 is 2.39 bits per heavy atom. The minimum Gasteiger partial charge on any atom is -0.369 e. The van der Waals surface area contributed by atoms with Crippen LogP contribution in [0.4, 0.5) is 5.69 Å². The fourth-order valence-electron chi connectivity index (χ4n) is 7.09. The van der Waals surface area contributed by atoms with Crippen LogP contribution >= 0.6 is 0 Å². The van der Waals surface area contributed by atoms with E-state index in [0.29, 0.717) is 18.5 Å². The maximum Gasteiger partial charge on any atom is 0.249 e. The van der Waals surface area contributed by atoms with Gasteiger partial charge in [-0.3, -0.25) is 19.3 Å². The molecule has 8 nitrogen and oxygen atoms in total. The summed E-state index contributed by atoms with van der Waals surface area (Å²) in [5.74, 6) is -0.865. The number of benzene rings is 1. The first-order chi connectivity index (χ1) is 17.5. The number of hydrogen-bond acceptors (Lipinski definition) is 6. The first-order valence-electron chi connectivity index (χ1n) is 13.9. The largest absolute Gasteiger partial charge is 0.369 e. The summed E-state index contributed by atoms with van der Waals surface area (Å²) in [6.45, 7) is 4.58. The average Bonchev–Trinajstić information content (AvgIpc) is 3.56. The van der Waals surface area contributed by atoms with Gasteiger partial charge in [0.25, 0.3) is 0 Å². The molecule has 0 radical (unpaired) electrons. The van der Waals surface area contributed by atoms with Gasteiger partial charge in [0, 0.05) is 50.0 Å². The van der Waals surface area contributed by atoms with Crippen molar-refractivity contribution in [2.75, 3.05) is 44.2 Å². The summed E-state index contributed by atoms with van der Waals surface area (Å²) in [7, 11) is 0. The Labute approximate surface area is 213 Å². The molecule has 0 unspecified atom stereocenters. The smallest absolute Gasteiger partial charge is 0.249 e. The van der Waals surface area contributed by atoms with Crippen molar-refractivity contribution >= 4 is 23.3 Å². The number of hydrogen-bond donors (Lipinski definition) is 1. The topological polar surface area (TPSA) is 96.2 Å². The molecular weight excluding hydrogens is 456 g/mol. The molecule has 36 heavy (non-hydrogen) atoms. The second-order valence-corrected chi connectivity index (χ2v) is 11.3. The number of nitrogens with two attached hydrogens (primary N) is 1. The quantitative estimate of drug-likeness (QED) is 0.652. The molecule has 3 atom stereocenters. The number of carbonyl (C=O) groups excluding carboxylic acids is 3. The summed E-state index contributed by atoms with van der Waals surface area (Å²) in [6, 6.07) is 6.14. The van der Waals surface area contributed by atoms with Crippen LogP contribution in [0.3, 0.4) is 0 Å². The van der Waals surface area contributed by atoms with E-state index in [1.165, 1.54) is 19.3 Å². The molecule has 3 saturated heterocycles. The van der Waals surface area contributed by atoms with Gasteiger partial charge >= 0.3 is 0 Å². The zero-order chi connectivity index (χ0) is 24.8. The molecule has 2 amide bonds. The van der Waals surface area contributed by atoms with Gasteiger partial charge < -0.3 is 20.3 Å². The molecular formula is C28H38N4O4. The summed E-state index contributed by atoms with van der Waals surface area (Å²) >= 11 is 0. The molecule has 3 aliphatic heterocycles. The predicted octanol–water partition coefficient (Wildman–Crippen LogP) is 2.30.